The van der Waals surface area contributed by atoms with E-state index in [1.807, 2.05) is 32.9 Å². The lowest BCUT2D eigenvalue weighted by molar-refractivity contribution is -0.149. The van der Waals surface area contributed by atoms with Gasteiger partial charge < -0.3 is 5.32 Å². The number of aryl methyl sites for hydroxylation is 1. The summed E-state index contributed by atoms with van der Waals surface area (Å²) in [6.45, 7) is 5.77. The second kappa shape index (κ2) is 8.05. The van der Waals surface area contributed by atoms with Crippen molar-refractivity contribution in [2.75, 3.05) is 0 Å². The van der Waals surface area contributed by atoms with E-state index in [-0.39, 0.29) is 29.1 Å². The minimum Gasteiger partial charge on any atom is -0.344 e. The molecule has 4 aliphatic rings. The van der Waals surface area contributed by atoms with Gasteiger partial charge in [0.15, 0.2) is 0 Å². The van der Waals surface area contributed by atoms with Gasteiger partial charge in [-0.3, -0.25) is 25.2 Å². The second-order valence-electron chi connectivity index (χ2n) is 10.2. The van der Waals surface area contributed by atoms with Crippen LogP contribution in [-0.2, 0) is 9.59 Å². The van der Waals surface area contributed by atoms with Crippen molar-refractivity contribution in [3.8, 4) is 0 Å². The van der Waals surface area contributed by atoms with Crippen molar-refractivity contribution in [1.29, 1.82) is 0 Å². The molecule has 0 unspecified atom stereocenters. The molecule has 4 aliphatic carbocycles. The van der Waals surface area contributed by atoms with Crippen LogP contribution in [0.3, 0.4) is 0 Å². The summed E-state index contributed by atoms with van der Waals surface area (Å²) in [5.74, 6) is 1.19. The third kappa shape index (κ3) is 4.09. The fraction of sp³-hybridized carbons (Fsp3) is 0.625. The Balaban J connectivity index is 1.37. The van der Waals surface area contributed by atoms with Gasteiger partial charge >= 0.3 is 0 Å². The molecule has 1 aromatic rings. The molecule has 6 heteroatoms. The van der Waals surface area contributed by atoms with Crippen LogP contribution in [0, 0.1) is 36.0 Å². The zero-order valence-electron chi connectivity index (χ0n) is 18.2. The normalized spacial score (nSPS) is 30.1. The Morgan fingerprint density at radius 2 is 1.43 bits per heavy atom. The lowest BCUT2D eigenvalue weighted by Crippen LogP contribution is -2.59. The first-order chi connectivity index (χ1) is 14.3. The molecule has 30 heavy (non-hydrogen) atoms. The first kappa shape index (κ1) is 20.9. The van der Waals surface area contributed by atoms with E-state index in [1.54, 1.807) is 12.1 Å². The summed E-state index contributed by atoms with van der Waals surface area (Å²) >= 11 is 0. The summed E-state index contributed by atoms with van der Waals surface area (Å²) in [5, 5.41) is 3.04. The Kier molecular flexibility index (Phi) is 5.60. The second-order valence-corrected chi connectivity index (χ2v) is 10.2. The number of carbonyl (C=O) groups excluding carboxylic acids is 3. The molecule has 3 N–H and O–H groups in total. The van der Waals surface area contributed by atoms with Crippen LogP contribution >= 0.6 is 0 Å². The monoisotopic (exact) mass is 411 g/mol. The molecule has 4 fully saturated rings. The Labute approximate surface area is 178 Å². The average molecular weight is 412 g/mol. The quantitative estimate of drug-likeness (QED) is 0.651. The highest BCUT2D eigenvalue weighted by Crippen LogP contribution is 2.60. The van der Waals surface area contributed by atoms with Crippen LogP contribution in [0.4, 0.5) is 0 Å². The van der Waals surface area contributed by atoms with Gasteiger partial charge in [-0.1, -0.05) is 31.5 Å². The van der Waals surface area contributed by atoms with E-state index in [4.69, 9.17) is 0 Å². The molecule has 162 valence electrons. The van der Waals surface area contributed by atoms with Crippen LogP contribution < -0.4 is 16.2 Å². The maximum Gasteiger partial charge on any atom is 0.269 e. The van der Waals surface area contributed by atoms with Gasteiger partial charge in [0.05, 0.1) is 0 Å². The van der Waals surface area contributed by atoms with Gasteiger partial charge in [0.25, 0.3) is 11.8 Å². The first-order valence-corrected chi connectivity index (χ1v) is 11.2. The summed E-state index contributed by atoms with van der Waals surface area (Å²) in [4.78, 5) is 38.4. The van der Waals surface area contributed by atoms with Crippen LogP contribution in [-0.4, -0.2) is 23.8 Å². The topological polar surface area (TPSA) is 87.3 Å². The predicted octanol–water partition coefficient (Wildman–Crippen LogP) is 3.11. The molecule has 0 spiro atoms. The highest BCUT2D eigenvalue weighted by molar-refractivity contribution is 5.96. The third-order valence-corrected chi connectivity index (χ3v) is 7.37. The lowest BCUT2D eigenvalue weighted by atomic mass is 9.49. The smallest absolute Gasteiger partial charge is 0.269 e. The fourth-order valence-corrected chi connectivity index (χ4v) is 6.19. The Bertz CT molecular complexity index is 795. The zero-order valence-corrected chi connectivity index (χ0v) is 18.2. The number of amides is 3. The van der Waals surface area contributed by atoms with Crippen molar-refractivity contribution < 1.29 is 14.4 Å². The van der Waals surface area contributed by atoms with Gasteiger partial charge in [-0.15, -0.1) is 0 Å². The number of hydrogen-bond acceptors (Lipinski definition) is 3. The van der Waals surface area contributed by atoms with Gasteiger partial charge in [-0.05, 0) is 81.3 Å². The Morgan fingerprint density at radius 1 is 0.900 bits per heavy atom. The average Bonchev–Trinajstić information content (AvgIpc) is 2.69. The predicted molar refractivity (Wildman–Crippen MR) is 114 cm³/mol. The number of rotatable bonds is 5. The van der Waals surface area contributed by atoms with Crippen LogP contribution in [0.2, 0.25) is 0 Å². The lowest BCUT2D eigenvalue weighted by Gasteiger charge is -2.55. The molecule has 4 saturated carbocycles. The minimum atomic E-state index is -0.677. The number of hydrazine groups is 1. The van der Waals surface area contributed by atoms with E-state index >= 15 is 0 Å². The van der Waals surface area contributed by atoms with Crippen LogP contribution in [0.15, 0.2) is 24.3 Å². The zero-order chi connectivity index (χ0) is 21.5. The highest BCUT2D eigenvalue weighted by atomic mass is 16.2. The fourth-order valence-electron chi connectivity index (χ4n) is 6.19. The summed E-state index contributed by atoms with van der Waals surface area (Å²) in [7, 11) is 0. The molecule has 5 rings (SSSR count). The van der Waals surface area contributed by atoms with E-state index in [9.17, 15) is 14.4 Å². The number of nitrogens with one attached hydrogen (secondary N) is 3. The minimum absolute atomic E-state index is 0.0281. The molecule has 0 radical (unpaired) electrons. The summed E-state index contributed by atoms with van der Waals surface area (Å²) in [6, 6.07) is 6.44. The van der Waals surface area contributed by atoms with Gasteiger partial charge in [0.2, 0.25) is 5.91 Å². The van der Waals surface area contributed by atoms with Gasteiger partial charge in [-0.25, -0.2) is 0 Å². The SMILES string of the molecule is Cc1ccc(C(=O)NNC(=O)[C@@H](NC(=O)C23CC4CC(CC(C4)C2)C3)C(C)C)cc1. The largest absolute Gasteiger partial charge is 0.344 e. The van der Waals surface area contributed by atoms with E-state index < -0.39 is 6.04 Å². The van der Waals surface area contributed by atoms with E-state index in [1.165, 1.54) is 19.3 Å². The highest BCUT2D eigenvalue weighted by Gasteiger charge is 2.55. The summed E-state index contributed by atoms with van der Waals surface area (Å²) in [6.07, 6.45) is 6.69. The van der Waals surface area contributed by atoms with Crippen molar-refractivity contribution in [2.24, 2.45) is 29.1 Å². The van der Waals surface area contributed by atoms with Gasteiger partial charge in [0, 0.05) is 11.0 Å². The summed E-state index contributed by atoms with van der Waals surface area (Å²) < 4.78 is 0. The third-order valence-electron chi connectivity index (χ3n) is 7.37. The molecule has 0 aliphatic heterocycles. The van der Waals surface area contributed by atoms with E-state index in [0.717, 1.165) is 24.8 Å². The molecule has 0 saturated heterocycles. The first-order valence-electron chi connectivity index (χ1n) is 11.2. The molecular weight excluding hydrogens is 378 g/mol. The van der Waals surface area contributed by atoms with E-state index in [2.05, 4.69) is 16.2 Å². The van der Waals surface area contributed by atoms with Crippen LogP contribution in [0.25, 0.3) is 0 Å². The molecule has 4 bridgehead atoms. The molecule has 0 aromatic heterocycles. The Morgan fingerprint density at radius 3 is 1.93 bits per heavy atom. The summed E-state index contributed by atoms with van der Waals surface area (Å²) in [5.41, 5.74) is 6.21. The van der Waals surface area contributed by atoms with Crippen molar-refractivity contribution in [2.45, 2.75) is 65.3 Å². The number of benzene rings is 1. The van der Waals surface area contributed by atoms with Crippen molar-refractivity contribution in [1.82, 2.24) is 16.2 Å². The molecule has 6 nitrogen and oxygen atoms in total. The number of hydrogen-bond donors (Lipinski definition) is 3. The van der Waals surface area contributed by atoms with E-state index in [0.29, 0.717) is 23.3 Å². The molecule has 0 heterocycles. The maximum atomic E-state index is 13.3. The molecule has 3 amide bonds. The Hall–Kier alpha value is -2.37. The van der Waals surface area contributed by atoms with Crippen LogP contribution in [0.5, 0.6) is 0 Å². The maximum absolute atomic E-state index is 13.3. The van der Waals surface area contributed by atoms with Gasteiger partial charge in [-0.2, -0.15) is 0 Å². The number of carbonyl (C=O) groups is 3. The van der Waals surface area contributed by atoms with Gasteiger partial charge in [0.1, 0.15) is 6.04 Å². The van der Waals surface area contributed by atoms with Crippen LogP contribution in [0.1, 0.15) is 68.3 Å². The molecular formula is C24H33N3O3. The van der Waals surface area contributed by atoms with Crippen molar-refractivity contribution >= 4 is 17.7 Å². The molecule has 1 aromatic carbocycles. The van der Waals surface area contributed by atoms with Crippen molar-refractivity contribution in [3.05, 3.63) is 35.4 Å². The molecule has 1 atom stereocenters. The standard InChI is InChI=1S/C24H33N3O3/c1-14(2)20(22(29)27-26-21(28)19-6-4-15(3)5-7-19)25-23(30)24-11-16-8-17(12-24)10-18(9-16)13-24/h4-7,14,16-18,20H,8-13H2,1-3H3,(H,25,30)(H,26,28)(H,27,29)/t16?,17?,18?,20-,24?/m0/s1. The van der Waals surface area contributed by atoms with Crippen molar-refractivity contribution in [3.63, 3.8) is 0 Å².